The number of esters is 2. The molecule has 59 heavy (non-hydrogen) atoms. The Balaban J connectivity index is 1.09. The number of piperazine rings is 1. The second-order valence-corrected chi connectivity index (χ2v) is 16.0. The third kappa shape index (κ3) is 10.3. The number of amides is 4. The molecule has 14 nitrogen and oxygen atoms in total. The van der Waals surface area contributed by atoms with E-state index in [0.717, 1.165) is 23.0 Å². The molecular formula is C41H46ClF3N6O8. The molecule has 3 aliphatic rings. The SMILES string of the molecule is CC(C)(C)C(=O)OCOC(=O)c1ccc(N2CCN(C(=O)[C@@H](Cc3cc(Cl)c(N)c(C(F)(F)F)c3)OC(=O)N3CCC(N4Cc5ccccc5NC4=O)CC3)CC2)cc1. The van der Waals surface area contributed by atoms with Crippen molar-refractivity contribution in [3.8, 4) is 0 Å². The highest BCUT2D eigenvalue weighted by Gasteiger charge is 2.38. The summed E-state index contributed by atoms with van der Waals surface area (Å²) in [7, 11) is 0. The first-order valence-corrected chi connectivity index (χ1v) is 19.5. The lowest BCUT2D eigenvalue weighted by molar-refractivity contribution is -0.161. The van der Waals surface area contributed by atoms with Crippen LogP contribution in [0.5, 0.6) is 0 Å². The Morgan fingerprint density at radius 3 is 2.20 bits per heavy atom. The van der Waals surface area contributed by atoms with Crippen LogP contribution in [0.25, 0.3) is 0 Å². The summed E-state index contributed by atoms with van der Waals surface area (Å²) in [5, 5.41) is 2.55. The van der Waals surface area contributed by atoms with E-state index >= 15 is 0 Å². The maximum Gasteiger partial charge on any atom is 0.418 e. The van der Waals surface area contributed by atoms with Gasteiger partial charge in [-0.05, 0) is 87.2 Å². The first-order chi connectivity index (χ1) is 27.9. The summed E-state index contributed by atoms with van der Waals surface area (Å²) in [4.78, 5) is 71.7. The number of likely N-dealkylation sites (tertiary alicyclic amines) is 1. The van der Waals surface area contributed by atoms with E-state index < -0.39 is 66.1 Å². The lowest BCUT2D eigenvalue weighted by atomic mass is 9.98. The van der Waals surface area contributed by atoms with Gasteiger partial charge in [0.05, 0.1) is 27.3 Å². The minimum atomic E-state index is -4.83. The number of para-hydroxylation sites is 1. The Morgan fingerprint density at radius 1 is 0.898 bits per heavy atom. The van der Waals surface area contributed by atoms with Crippen LogP contribution in [0.3, 0.4) is 0 Å². The average molecular weight is 843 g/mol. The van der Waals surface area contributed by atoms with Crippen molar-refractivity contribution in [3.05, 3.63) is 87.9 Å². The number of rotatable bonds is 9. The first-order valence-electron chi connectivity index (χ1n) is 19.1. The minimum absolute atomic E-state index is 0.00221. The number of nitrogens with two attached hydrogens (primary N) is 1. The Hall–Kier alpha value is -5.71. The zero-order valence-corrected chi connectivity index (χ0v) is 33.6. The number of halogens is 4. The van der Waals surface area contributed by atoms with E-state index in [9.17, 15) is 37.1 Å². The minimum Gasteiger partial charge on any atom is -0.436 e. The fourth-order valence-corrected chi connectivity index (χ4v) is 7.37. The standard InChI is InChI=1S/C41H46ClF3N6O8/c1-40(2,3)37(54)58-24-57-36(53)26-8-10-28(11-9-26)48-16-18-49(19-17-48)35(52)33(22-25-20-30(41(43,44)45)34(46)31(42)21-25)59-39(56)50-14-12-29(13-15-50)51-23-27-6-4-5-7-32(27)47-38(51)55/h4-11,20-21,29,33H,12-19,22-24,46H2,1-3H3,(H,47,55)/t33-/m1/s1. The number of alkyl halides is 3. The molecule has 3 aromatic rings. The van der Waals surface area contributed by atoms with E-state index in [2.05, 4.69) is 5.32 Å². The van der Waals surface area contributed by atoms with E-state index in [0.29, 0.717) is 32.5 Å². The number of nitrogens with zero attached hydrogens (tertiary/aromatic N) is 4. The Kier molecular flexibility index (Phi) is 12.8. The van der Waals surface area contributed by atoms with Crippen molar-refractivity contribution in [2.24, 2.45) is 5.41 Å². The smallest absolute Gasteiger partial charge is 0.418 e. The molecule has 2 fully saturated rings. The predicted octanol–water partition coefficient (Wildman–Crippen LogP) is 6.55. The number of fused-ring (bicyclic) bond motifs is 1. The van der Waals surface area contributed by atoms with Crippen LogP contribution in [0.2, 0.25) is 5.02 Å². The molecule has 0 aliphatic carbocycles. The Bertz CT molecular complexity index is 2060. The fourth-order valence-electron chi connectivity index (χ4n) is 7.13. The van der Waals surface area contributed by atoms with Crippen molar-refractivity contribution >= 4 is 58.6 Å². The van der Waals surface area contributed by atoms with Crippen LogP contribution >= 0.6 is 11.6 Å². The van der Waals surface area contributed by atoms with E-state index in [1.54, 1.807) is 49.9 Å². The van der Waals surface area contributed by atoms with Crippen molar-refractivity contribution < 1.29 is 51.4 Å². The molecule has 316 valence electrons. The third-order valence-corrected chi connectivity index (χ3v) is 10.8. The molecular weight excluding hydrogens is 797 g/mol. The second kappa shape index (κ2) is 17.6. The summed E-state index contributed by atoms with van der Waals surface area (Å²) in [6, 6.07) is 15.7. The number of ether oxygens (including phenoxy) is 3. The van der Waals surface area contributed by atoms with E-state index in [4.69, 9.17) is 31.5 Å². The summed E-state index contributed by atoms with van der Waals surface area (Å²) in [5.41, 5.74) is 5.81. The van der Waals surface area contributed by atoms with Gasteiger partial charge < -0.3 is 44.9 Å². The largest absolute Gasteiger partial charge is 0.436 e. The summed E-state index contributed by atoms with van der Waals surface area (Å²) < 4.78 is 57.5. The van der Waals surface area contributed by atoms with Crippen LogP contribution in [0.1, 0.15) is 60.7 Å². The Morgan fingerprint density at radius 2 is 1.56 bits per heavy atom. The van der Waals surface area contributed by atoms with Gasteiger partial charge in [-0.1, -0.05) is 29.8 Å². The van der Waals surface area contributed by atoms with Gasteiger partial charge in [0.15, 0.2) is 6.10 Å². The van der Waals surface area contributed by atoms with Gasteiger partial charge >= 0.3 is 30.2 Å². The van der Waals surface area contributed by atoms with E-state index in [1.165, 1.54) is 15.9 Å². The third-order valence-electron chi connectivity index (χ3n) is 10.5. The van der Waals surface area contributed by atoms with Crippen LogP contribution < -0.4 is 16.0 Å². The molecule has 0 bridgehead atoms. The van der Waals surface area contributed by atoms with Crippen molar-refractivity contribution in [3.63, 3.8) is 0 Å². The van der Waals surface area contributed by atoms with Gasteiger partial charge in [0.2, 0.25) is 6.79 Å². The number of nitrogens with one attached hydrogen (secondary N) is 1. The van der Waals surface area contributed by atoms with Crippen molar-refractivity contribution in [2.75, 3.05) is 62.0 Å². The lowest BCUT2D eigenvalue weighted by Crippen LogP contribution is -2.54. The van der Waals surface area contributed by atoms with Gasteiger partial charge in [-0.2, -0.15) is 13.2 Å². The molecule has 3 aromatic carbocycles. The topological polar surface area (TPSA) is 164 Å². The fraction of sp³-hybridized carbons (Fsp3) is 0.439. The van der Waals surface area contributed by atoms with Gasteiger partial charge in [-0.15, -0.1) is 0 Å². The highest BCUT2D eigenvalue weighted by atomic mass is 35.5. The molecule has 0 spiro atoms. The van der Waals surface area contributed by atoms with Crippen LogP contribution in [-0.2, 0) is 42.9 Å². The highest BCUT2D eigenvalue weighted by Crippen LogP contribution is 2.38. The molecule has 6 rings (SSSR count). The molecule has 4 amide bonds. The molecule has 0 saturated carbocycles. The summed E-state index contributed by atoms with van der Waals surface area (Å²) >= 11 is 6.11. The van der Waals surface area contributed by atoms with Crippen molar-refractivity contribution in [1.29, 1.82) is 0 Å². The zero-order chi connectivity index (χ0) is 42.6. The van der Waals surface area contributed by atoms with Crippen LogP contribution in [0.15, 0.2) is 60.7 Å². The second-order valence-electron chi connectivity index (χ2n) is 15.6. The number of anilines is 3. The number of urea groups is 1. The van der Waals surface area contributed by atoms with Gasteiger partial charge in [0.1, 0.15) is 0 Å². The Labute approximate surface area is 344 Å². The number of carbonyl (C=O) groups is 5. The monoisotopic (exact) mass is 842 g/mol. The predicted molar refractivity (Wildman–Crippen MR) is 212 cm³/mol. The number of carbonyl (C=O) groups excluding carboxylic acids is 5. The van der Waals surface area contributed by atoms with E-state index in [-0.39, 0.29) is 54.4 Å². The quantitative estimate of drug-likeness (QED) is 0.137. The number of piperidine rings is 1. The van der Waals surface area contributed by atoms with Crippen molar-refractivity contribution in [1.82, 2.24) is 14.7 Å². The average Bonchev–Trinajstić information content (AvgIpc) is 3.20. The molecule has 2 saturated heterocycles. The van der Waals surface area contributed by atoms with Crippen LogP contribution in [0.4, 0.5) is 39.8 Å². The summed E-state index contributed by atoms with van der Waals surface area (Å²) in [5.74, 6) is -1.78. The molecule has 0 unspecified atom stereocenters. The molecule has 1 atom stereocenters. The summed E-state index contributed by atoms with van der Waals surface area (Å²) in [6.07, 6.45) is -6.63. The number of benzene rings is 3. The van der Waals surface area contributed by atoms with Gasteiger partial charge in [0, 0.05) is 69.7 Å². The summed E-state index contributed by atoms with van der Waals surface area (Å²) in [6.45, 7) is 6.47. The zero-order valence-electron chi connectivity index (χ0n) is 32.9. The highest BCUT2D eigenvalue weighted by molar-refractivity contribution is 6.33. The number of hydrogen-bond donors (Lipinski definition) is 2. The molecule has 18 heteroatoms. The molecule has 3 N–H and O–H groups in total. The maximum atomic E-state index is 14.1. The first kappa shape index (κ1) is 42.9. The normalized spacial score (nSPS) is 16.8. The van der Waals surface area contributed by atoms with E-state index in [1.807, 2.05) is 29.2 Å². The van der Waals surface area contributed by atoms with Crippen molar-refractivity contribution in [2.45, 2.75) is 64.9 Å². The molecule has 0 radical (unpaired) electrons. The molecule has 3 aliphatic heterocycles. The van der Waals surface area contributed by atoms with Crippen LogP contribution in [0, 0.1) is 5.41 Å². The number of nitrogen functional groups attached to an aromatic ring is 1. The lowest BCUT2D eigenvalue weighted by Gasteiger charge is -2.40. The van der Waals surface area contributed by atoms with Gasteiger partial charge in [0.25, 0.3) is 5.91 Å². The molecule has 0 aromatic heterocycles. The van der Waals surface area contributed by atoms with Gasteiger partial charge in [-0.25, -0.2) is 14.4 Å². The molecule has 3 heterocycles. The van der Waals surface area contributed by atoms with Gasteiger partial charge in [-0.3, -0.25) is 9.59 Å². The number of hydrogen-bond acceptors (Lipinski definition) is 10. The maximum absolute atomic E-state index is 14.1. The van der Waals surface area contributed by atoms with Crippen LogP contribution in [-0.4, -0.2) is 103 Å².